The van der Waals surface area contributed by atoms with Crippen LogP contribution in [0.15, 0.2) is 94.4 Å². The maximum Gasteiger partial charge on any atom is 0.264 e. The molecular weight excluding hydrogens is 506 g/mol. The number of benzene rings is 3. The zero-order valence-corrected chi connectivity index (χ0v) is 21.6. The van der Waals surface area contributed by atoms with Crippen LogP contribution >= 0.6 is 11.3 Å². The van der Waals surface area contributed by atoms with Crippen molar-refractivity contribution in [3.8, 4) is 0 Å². The summed E-state index contributed by atoms with van der Waals surface area (Å²) in [5, 5.41) is 0.552. The zero-order valence-electron chi connectivity index (χ0n) is 20.0. The lowest BCUT2D eigenvalue weighted by atomic mass is 10.2. The summed E-state index contributed by atoms with van der Waals surface area (Å²) in [7, 11) is -3.75. The molecule has 6 rings (SSSR count). The number of hydrogen-bond acceptors (Lipinski definition) is 6. The van der Waals surface area contributed by atoms with Gasteiger partial charge in [0.1, 0.15) is 5.76 Å². The Morgan fingerprint density at radius 1 is 1.03 bits per heavy atom. The number of furan rings is 1. The van der Waals surface area contributed by atoms with Crippen molar-refractivity contribution in [2.24, 2.45) is 0 Å². The third kappa shape index (κ3) is 4.20. The SMILES string of the molecule is Cc1cccc2sc(N(Cc3ccco3)C(=O)c3ccc(S(=O)(=O)N4CCc5ccccc54)cc3)nc12. The Hall–Kier alpha value is -3.95. The standard InChI is InChI=1S/C28H23N3O4S2/c1-19-6-4-10-25-26(19)29-28(36-25)30(18-22-8-5-17-35-22)27(32)21-11-13-23(14-12-21)37(33,34)31-16-15-20-7-2-3-9-24(20)31/h2-14,17H,15-16,18H2,1H3. The summed E-state index contributed by atoms with van der Waals surface area (Å²) in [4.78, 5) is 20.2. The van der Waals surface area contributed by atoms with E-state index in [1.54, 1.807) is 29.4 Å². The van der Waals surface area contributed by atoms with E-state index in [0.717, 1.165) is 21.3 Å². The van der Waals surface area contributed by atoms with Gasteiger partial charge in [0.25, 0.3) is 15.9 Å². The van der Waals surface area contributed by atoms with Gasteiger partial charge in [0.05, 0.1) is 33.6 Å². The van der Waals surface area contributed by atoms with E-state index in [1.807, 2.05) is 55.5 Å². The molecule has 1 amide bonds. The molecule has 0 saturated heterocycles. The molecule has 0 radical (unpaired) electrons. The fourth-order valence-electron chi connectivity index (χ4n) is 4.58. The summed E-state index contributed by atoms with van der Waals surface area (Å²) in [6.45, 7) is 2.59. The summed E-state index contributed by atoms with van der Waals surface area (Å²) in [5.41, 5.74) is 3.97. The van der Waals surface area contributed by atoms with Crippen molar-refractivity contribution in [2.45, 2.75) is 24.8 Å². The highest BCUT2D eigenvalue weighted by Gasteiger charge is 2.31. The van der Waals surface area contributed by atoms with Crippen LogP contribution in [-0.4, -0.2) is 25.9 Å². The summed E-state index contributed by atoms with van der Waals surface area (Å²) in [5.74, 6) is 0.333. The van der Waals surface area contributed by atoms with E-state index >= 15 is 0 Å². The quantitative estimate of drug-likeness (QED) is 0.278. The van der Waals surface area contributed by atoms with Gasteiger partial charge in [0, 0.05) is 12.1 Å². The number of sulfonamides is 1. The number of hydrogen-bond donors (Lipinski definition) is 0. The van der Waals surface area contributed by atoms with Crippen LogP contribution in [0.4, 0.5) is 10.8 Å². The van der Waals surface area contributed by atoms with Gasteiger partial charge >= 0.3 is 0 Å². The lowest BCUT2D eigenvalue weighted by Gasteiger charge is -2.21. The Morgan fingerprint density at radius 2 is 1.84 bits per heavy atom. The van der Waals surface area contributed by atoms with Crippen LogP contribution in [0.1, 0.15) is 27.2 Å². The van der Waals surface area contributed by atoms with E-state index in [9.17, 15) is 13.2 Å². The lowest BCUT2D eigenvalue weighted by Crippen LogP contribution is -2.31. The molecule has 3 aromatic carbocycles. The van der Waals surface area contributed by atoms with Gasteiger partial charge in [-0.25, -0.2) is 13.4 Å². The average Bonchev–Trinajstić information content (AvgIpc) is 3.67. The molecule has 3 heterocycles. The third-order valence-corrected chi connectivity index (χ3v) is 9.38. The van der Waals surface area contributed by atoms with Gasteiger partial charge in [0.15, 0.2) is 5.13 Å². The van der Waals surface area contributed by atoms with Gasteiger partial charge in [-0.2, -0.15) is 0 Å². The van der Waals surface area contributed by atoms with Crippen LogP contribution < -0.4 is 9.21 Å². The maximum atomic E-state index is 13.7. The first-order valence-electron chi connectivity index (χ1n) is 11.8. The van der Waals surface area contributed by atoms with Crippen LogP contribution in [0.2, 0.25) is 0 Å². The molecule has 0 saturated carbocycles. The number of amides is 1. The monoisotopic (exact) mass is 529 g/mol. The highest BCUT2D eigenvalue weighted by atomic mass is 32.2. The first-order valence-corrected chi connectivity index (χ1v) is 14.1. The Morgan fingerprint density at radius 3 is 2.59 bits per heavy atom. The van der Waals surface area contributed by atoms with Gasteiger partial charge in [-0.1, -0.05) is 41.7 Å². The van der Waals surface area contributed by atoms with Crippen molar-refractivity contribution in [2.75, 3.05) is 15.7 Å². The number of anilines is 2. The first-order chi connectivity index (χ1) is 17.9. The average molecular weight is 530 g/mol. The van der Waals surface area contributed by atoms with E-state index < -0.39 is 10.0 Å². The molecule has 186 valence electrons. The number of carbonyl (C=O) groups excluding carboxylic acids is 1. The van der Waals surface area contributed by atoms with Crippen molar-refractivity contribution in [1.29, 1.82) is 0 Å². The van der Waals surface area contributed by atoms with Gasteiger partial charge in [-0.05, 0) is 73.0 Å². The Bertz CT molecular complexity index is 1710. The van der Waals surface area contributed by atoms with Crippen molar-refractivity contribution >= 4 is 48.3 Å². The number of para-hydroxylation sites is 2. The van der Waals surface area contributed by atoms with Gasteiger partial charge in [0.2, 0.25) is 0 Å². The largest absolute Gasteiger partial charge is 0.467 e. The third-order valence-electron chi connectivity index (χ3n) is 6.51. The van der Waals surface area contributed by atoms with Gasteiger partial charge in [-0.3, -0.25) is 14.0 Å². The molecule has 5 aromatic rings. The summed E-state index contributed by atoms with van der Waals surface area (Å²) >= 11 is 1.43. The molecule has 2 aromatic heterocycles. The fraction of sp³-hybridized carbons (Fsp3) is 0.143. The number of aryl methyl sites for hydroxylation is 1. The molecule has 7 nitrogen and oxygen atoms in total. The highest BCUT2D eigenvalue weighted by Crippen LogP contribution is 2.34. The molecule has 1 aliphatic heterocycles. The number of rotatable bonds is 6. The van der Waals surface area contributed by atoms with Crippen LogP contribution in [0.25, 0.3) is 10.2 Å². The molecule has 0 unspecified atom stereocenters. The predicted molar refractivity (Wildman–Crippen MR) is 145 cm³/mol. The fourth-order valence-corrected chi connectivity index (χ4v) is 7.13. The summed E-state index contributed by atoms with van der Waals surface area (Å²) < 4.78 is 34.7. The molecule has 37 heavy (non-hydrogen) atoms. The van der Waals surface area contributed by atoms with E-state index in [-0.39, 0.29) is 17.3 Å². The topological polar surface area (TPSA) is 83.7 Å². The van der Waals surface area contributed by atoms with Crippen molar-refractivity contribution in [3.05, 3.63) is 108 Å². The molecule has 1 aliphatic rings. The molecule has 0 fully saturated rings. The van der Waals surface area contributed by atoms with Crippen molar-refractivity contribution in [3.63, 3.8) is 0 Å². The molecule has 0 aliphatic carbocycles. The van der Waals surface area contributed by atoms with Crippen LogP contribution in [0.3, 0.4) is 0 Å². The van der Waals surface area contributed by atoms with E-state index in [4.69, 9.17) is 9.40 Å². The number of carbonyl (C=O) groups is 1. The van der Waals surface area contributed by atoms with E-state index in [0.29, 0.717) is 35.1 Å². The van der Waals surface area contributed by atoms with Crippen molar-refractivity contribution in [1.82, 2.24) is 4.98 Å². The second-order valence-corrected chi connectivity index (χ2v) is 11.7. The number of aromatic nitrogens is 1. The van der Waals surface area contributed by atoms with E-state index in [2.05, 4.69) is 0 Å². The maximum absolute atomic E-state index is 13.7. The minimum Gasteiger partial charge on any atom is -0.467 e. The second-order valence-electron chi connectivity index (χ2n) is 8.87. The summed E-state index contributed by atoms with van der Waals surface area (Å²) in [6, 6.07) is 23.2. The molecular formula is C28H23N3O4S2. The summed E-state index contributed by atoms with van der Waals surface area (Å²) in [6.07, 6.45) is 2.24. The number of nitrogens with zero attached hydrogens (tertiary/aromatic N) is 3. The van der Waals surface area contributed by atoms with Crippen molar-refractivity contribution < 1.29 is 17.6 Å². The molecule has 9 heteroatoms. The van der Waals surface area contributed by atoms with Gasteiger partial charge < -0.3 is 4.42 Å². The molecule has 0 spiro atoms. The van der Waals surface area contributed by atoms with Gasteiger partial charge in [-0.15, -0.1) is 0 Å². The minimum atomic E-state index is -3.75. The molecule has 0 bridgehead atoms. The predicted octanol–water partition coefficient (Wildman–Crippen LogP) is 5.80. The highest BCUT2D eigenvalue weighted by molar-refractivity contribution is 7.92. The molecule has 0 N–H and O–H groups in total. The van der Waals surface area contributed by atoms with Crippen LogP contribution in [0, 0.1) is 6.92 Å². The Labute approximate surface area is 218 Å². The zero-order chi connectivity index (χ0) is 25.6. The number of fused-ring (bicyclic) bond motifs is 2. The second kappa shape index (κ2) is 9.17. The first kappa shape index (κ1) is 23.4. The van der Waals surface area contributed by atoms with Crippen LogP contribution in [0.5, 0.6) is 0 Å². The Balaban J connectivity index is 1.32. The normalized spacial score (nSPS) is 13.2. The van der Waals surface area contributed by atoms with Crippen LogP contribution in [-0.2, 0) is 23.0 Å². The minimum absolute atomic E-state index is 0.147. The number of thiazole rings is 1. The smallest absolute Gasteiger partial charge is 0.264 e. The lowest BCUT2D eigenvalue weighted by molar-refractivity contribution is 0.0983. The Kier molecular flexibility index (Phi) is 5.81. The van der Waals surface area contributed by atoms with E-state index in [1.165, 1.54) is 27.8 Å². The molecule has 0 atom stereocenters.